The Morgan fingerprint density at radius 2 is 1.53 bits per heavy atom. The van der Waals surface area contributed by atoms with Crippen molar-refractivity contribution in [3.63, 3.8) is 0 Å². The first-order valence-corrected chi connectivity index (χ1v) is 20.2. The van der Waals surface area contributed by atoms with E-state index < -0.39 is 29.7 Å². The van der Waals surface area contributed by atoms with Crippen LogP contribution in [0.15, 0.2) is 59.7 Å². The lowest BCUT2D eigenvalue weighted by Gasteiger charge is -2.47. The molecule has 1 aromatic carbocycles. The Bertz CT molecular complexity index is 2360. The van der Waals surface area contributed by atoms with Crippen molar-refractivity contribution < 1.29 is 24.0 Å². The summed E-state index contributed by atoms with van der Waals surface area (Å²) in [7, 11) is 0. The quantitative estimate of drug-likeness (QED) is 0.209. The van der Waals surface area contributed by atoms with Gasteiger partial charge in [-0.1, -0.05) is 6.92 Å². The predicted molar refractivity (Wildman–Crippen MR) is 215 cm³/mol. The fourth-order valence-corrected chi connectivity index (χ4v) is 8.91. The number of amides is 5. The van der Waals surface area contributed by atoms with Crippen LogP contribution in [-0.2, 0) is 22.6 Å². The number of nitrogens with one attached hydrogen (secondary N) is 3. The lowest BCUT2D eigenvalue weighted by Crippen LogP contribution is -2.58. The van der Waals surface area contributed by atoms with Crippen LogP contribution in [-0.4, -0.2) is 130 Å². The van der Waals surface area contributed by atoms with Crippen molar-refractivity contribution in [1.82, 2.24) is 40.3 Å². The Hall–Kier alpha value is -6.00. The molecule has 1 aliphatic carbocycles. The summed E-state index contributed by atoms with van der Waals surface area (Å²) in [5.74, 6) is -2.19. The fraction of sp³-hybridized carbons (Fsp3) is 0.429. The van der Waals surface area contributed by atoms with Crippen molar-refractivity contribution in [3.05, 3.63) is 93.2 Å². The van der Waals surface area contributed by atoms with Crippen molar-refractivity contribution in [2.75, 3.05) is 62.2 Å². The third-order valence-corrected chi connectivity index (χ3v) is 12.4. The van der Waals surface area contributed by atoms with Crippen LogP contribution in [0.3, 0.4) is 0 Å². The van der Waals surface area contributed by atoms with Crippen LogP contribution in [0.1, 0.15) is 74.9 Å². The number of H-pyrrole nitrogens is 1. The number of anilines is 2. The van der Waals surface area contributed by atoms with Gasteiger partial charge in [0.1, 0.15) is 11.7 Å². The number of carbonyl (C=O) groups excluding carboxylic acids is 5. The molecular formula is C42H46N10O6. The smallest absolute Gasteiger partial charge is 0.270 e. The van der Waals surface area contributed by atoms with Crippen molar-refractivity contribution >= 4 is 51.9 Å². The lowest BCUT2D eigenvalue weighted by molar-refractivity contribution is -0.136. The first kappa shape index (κ1) is 37.6. The van der Waals surface area contributed by atoms with Gasteiger partial charge in [-0.3, -0.25) is 53.8 Å². The van der Waals surface area contributed by atoms with Gasteiger partial charge in [0.2, 0.25) is 11.8 Å². The maximum Gasteiger partial charge on any atom is 0.270 e. The molecule has 4 fully saturated rings. The topological polar surface area (TPSA) is 184 Å². The van der Waals surface area contributed by atoms with E-state index in [1.807, 2.05) is 37.4 Å². The summed E-state index contributed by atoms with van der Waals surface area (Å²) in [4.78, 5) is 98.2. The number of rotatable bonds is 9. The van der Waals surface area contributed by atoms with E-state index in [1.165, 1.54) is 0 Å². The van der Waals surface area contributed by atoms with Crippen LogP contribution in [0.25, 0.3) is 11.0 Å². The highest BCUT2D eigenvalue weighted by Gasteiger charge is 2.45. The lowest BCUT2D eigenvalue weighted by atomic mass is 9.85. The number of aryl methyl sites for hydroxylation is 1. The monoisotopic (exact) mass is 786 g/mol. The zero-order valence-corrected chi connectivity index (χ0v) is 32.4. The van der Waals surface area contributed by atoms with E-state index in [2.05, 4.69) is 45.2 Å². The number of benzene rings is 1. The number of aromatic nitrogens is 3. The number of hydrogen-bond acceptors (Lipinski definition) is 12. The van der Waals surface area contributed by atoms with E-state index in [1.54, 1.807) is 24.4 Å². The standard InChI is InChI=1S/C42H46N10O6/c1-2-26-18-34-35(46-38(26)54)17-25(22-43-34)24-48-9-11-50(12-10-48)29-4-6-33(44-23-29)39(55)45-27-19-30(20-27)51-15-13-49(14-16-51)28-3-5-31-32(21-28)42(58)52(41(31)57)36-7-8-37(53)47-40(36)56/h3-6,17-18,21-23,27,30,36H,2,7-16,19-20,24H2,1H3,(H,45,55)(H,46,54)(H,47,53,56)/t27?,30?,36-/m0/s1. The normalized spacial score (nSPS) is 22.9. The Labute approximate surface area is 334 Å². The van der Waals surface area contributed by atoms with Crippen molar-refractivity contribution in [2.45, 2.75) is 63.7 Å². The van der Waals surface area contributed by atoms with Gasteiger partial charge in [-0.2, -0.15) is 0 Å². The summed E-state index contributed by atoms with van der Waals surface area (Å²) in [5.41, 5.74) is 6.12. The summed E-state index contributed by atoms with van der Waals surface area (Å²) >= 11 is 0. The molecule has 16 heteroatoms. The van der Waals surface area contributed by atoms with Gasteiger partial charge in [-0.05, 0) is 73.7 Å². The Morgan fingerprint density at radius 3 is 2.26 bits per heavy atom. The van der Waals surface area contributed by atoms with Crippen LogP contribution in [0.4, 0.5) is 11.4 Å². The number of nitrogens with zero attached hydrogens (tertiary/aromatic N) is 7. The second kappa shape index (κ2) is 15.4. The summed E-state index contributed by atoms with van der Waals surface area (Å²) in [6.45, 7) is 9.29. The molecule has 9 rings (SSSR count). The first-order chi connectivity index (χ1) is 28.1. The van der Waals surface area contributed by atoms with Crippen LogP contribution in [0.2, 0.25) is 0 Å². The molecule has 5 aliphatic rings. The number of pyridine rings is 3. The maximum absolute atomic E-state index is 13.3. The minimum absolute atomic E-state index is 0.0551. The second-order valence-electron chi connectivity index (χ2n) is 15.9. The number of piperidine rings is 1. The second-order valence-corrected chi connectivity index (χ2v) is 15.9. The number of imide groups is 2. The number of fused-ring (bicyclic) bond motifs is 2. The summed E-state index contributed by atoms with van der Waals surface area (Å²) in [5, 5.41) is 5.39. The largest absolute Gasteiger partial charge is 0.369 e. The molecule has 0 unspecified atom stereocenters. The van der Waals surface area contributed by atoms with Gasteiger partial charge < -0.3 is 20.1 Å². The number of carbonyl (C=O) groups is 5. The minimum atomic E-state index is -0.985. The number of hydrogen-bond donors (Lipinski definition) is 3. The Morgan fingerprint density at radius 1 is 0.810 bits per heavy atom. The molecule has 300 valence electrons. The van der Waals surface area contributed by atoms with Crippen LogP contribution in [0.5, 0.6) is 0 Å². The average Bonchev–Trinajstić information content (AvgIpc) is 3.47. The van der Waals surface area contributed by atoms with Gasteiger partial charge in [0, 0.05) is 94.9 Å². The van der Waals surface area contributed by atoms with E-state index in [4.69, 9.17) is 0 Å². The maximum atomic E-state index is 13.3. The summed E-state index contributed by atoms with van der Waals surface area (Å²) in [6.07, 6.45) is 6.29. The molecular weight excluding hydrogens is 741 g/mol. The summed E-state index contributed by atoms with van der Waals surface area (Å²) < 4.78 is 0. The molecule has 4 aromatic rings. The van der Waals surface area contributed by atoms with E-state index in [0.29, 0.717) is 18.2 Å². The molecule has 4 aliphatic heterocycles. The predicted octanol–water partition coefficient (Wildman–Crippen LogP) is 1.69. The van der Waals surface area contributed by atoms with Gasteiger partial charge in [0.25, 0.3) is 23.3 Å². The molecule has 3 saturated heterocycles. The third-order valence-electron chi connectivity index (χ3n) is 12.4. The zero-order valence-electron chi connectivity index (χ0n) is 32.4. The van der Waals surface area contributed by atoms with Crippen molar-refractivity contribution in [2.24, 2.45) is 0 Å². The molecule has 16 nitrogen and oxygen atoms in total. The molecule has 5 amide bonds. The van der Waals surface area contributed by atoms with Gasteiger partial charge in [0.15, 0.2) is 0 Å². The van der Waals surface area contributed by atoms with Crippen molar-refractivity contribution in [3.8, 4) is 0 Å². The van der Waals surface area contributed by atoms with Crippen LogP contribution >= 0.6 is 0 Å². The highest BCUT2D eigenvalue weighted by atomic mass is 16.2. The fourth-order valence-electron chi connectivity index (χ4n) is 8.91. The molecule has 0 radical (unpaired) electrons. The Balaban J connectivity index is 0.710. The van der Waals surface area contributed by atoms with Gasteiger partial charge in [0.05, 0.1) is 34.0 Å². The molecule has 1 saturated carbocycles. The minimum Gasteiger partial charge on any atom is -0.369 e. The molecule has 58 heavy (non-hydrogen) atoms. The Kier molecular flexibility index (Phi) is 9.97. The van der Waals surface area contributed by atoms with E-state index in [0.717, 1.165) is 110 Å². The van der Waals surface area contributed by atoms with E-state index >= 15 is 0 Å². The average molecular weight is 787 g/mol. The number of aromatic amines is 1. The molecule has 1 atom stereocenters. The van der Waals surface area contributed by atoms with Gasteiger partial charge in [-0.25, -0.2) is 4.98 Å². The van der Waals surface area contributed by atoms with Crippen LogP contribution < -0.4 is 26.0 Å². The van der Waals surface area contributed by atoms with E-state index in [9.17, 15) is 28.8 Å². The molecule has 3 N–H and O–H groups in total. The summed E-state index contributed by atoms with van der Waals surface area (Å²) in [6, 6.07) is 12.4. The zero-order chi connectivity index (χ0) is 40.1. The highest BCUT2D eigenvalue weighted by Crippen LogP contribution is 2.32. The van der Waals surface area contributed by atoms with Crippen LogP contribution in [0, 0.1) is 0 Å². The molecule has 7 heterocycles. The SMILES string of the molecule is CCc1cc2ncc(CN3CCN(c4ccc(C(=O)NC5CC(N6CCN(c7ccc8c(c7)C(=O)N([C@H]7CCC(=O)NC7=O)C8=O)CC6)C5)nc4)CC3)cc2[nH]c1=O. The molecule has 3 aromatic heterocycles. The van der Waals surface area contributed by atoms with Crippen molar-refractivity contribution in [1.29, 1.82) is 0 Å². The van der Waals surface area contributed by atoms with E-state index in [-0.39, 0.29) is 41.5 Å². The van der Waals surface area contributed by atoms with Gasteiger partial charge >= 0.3 is 0 Å². The number of piperazine rings is 2. The molecule has 0 spiro atoms. The highest BCUT2D eigenvalue weighted by molar-refractivity contribution is 6.23. The van der Waals surface area contributed by atoms with Gasteiger partial charge in [-0.15, -0.1) is 0 Å². The first-order valence-electron chi connectivity index (χ1n) is 20.2. The third kappa shape index (κ3) is 7.21. The molecule has 0 bridgehead atoms.